The SMILES string of the molecule is C=C(C)C(=O)n1c(=C(O)O)cc2c1=CCCC2. The summed E-state index contributed by atoms with van der Waals surface area (Å²) >= 11 is 0. The molecular weight excluding hydrogens is 218 g/mol. The Kier molecular flexibility index (Phi) is 2.79. The Labute approximate surface area is 98.8 Å². The van der Waals surface area contributed by atoms with E-state index in [1.54, 1.807) is 13.0 Å². The van der Waals surface area contributed by atoms with Crippen molar-refractivity contribution in [3.05, 3.63) is 34.5 Å². The van der Waals surface area contributed by atoms with Gasteiger partial charge >= 0.3 is 0 Å². The molecule has 2 N–H and O–H groups in total. The zero-order valence-electron chi connectivity index (χ0n) is 9.73. The van der Waals surface area contributed by atoms with Gasteiger partial charge in [-0.1, -0.05) is 12.7 Å². The Morgan fingerprint density at radius 2 is 2.18 bits per heavy atom. The van der Waals surface area contributed by atoms with E-state index in [2.05, 4.69) is 6.58 Å². The molecule has 1 aliphatic carbocycles. The molecule has 90 valence electrons. The van der Waals surface area contributed by atoms with Crippen molar-refractivity contribution in [1.29, 1.82) is 0 Å². The van der Waals surface area contributed by atoms with Crippen molar-refractivity contribution >= 4 is 17.9 Å². The van der Waals surface area contributed by atoms with Crippen LogP contribution in [-0.2, 0) is 6.42 Å². The molecule has 0 unspecified atom stereocenters. The molecule has 1 heterocycles. The maximum Gasteiger partial charge on any atom is 0.299 e. The topological polar surface area (TPSA) is 62.5 Å². The van der Waals surface area contributed by atoms with E-state index < -0.39 is 5.95 Å². The molecule has 1 aromatic heterocycles. The fraction of sp³-hybridized carbons (Fsp3) is 0.308. The van der Waals surface area contributed by atoms with Crippen molar-refractivity contribution in [3.63, 3.8) is 0 Å². The molecule has 17 heavy (non-hydrogen) atoms. The first-order valence-corrected chi connectivity index (χ1v) is 5.55. The van der Waals surface area contributed by atoms with Gasteiger partial charge in [-0.3, -0.25) is 9.36 Å². The molecule has 2 rings (SSSR count). The molecule has 0 fully saturated rings. The minimum atomic E-state index is -0.831. The number of fused-ring (bicyclic) bond motifs is 1. The fourth-order valence-corrected chi connectivity index (χ4v) is 2.11. The fourth-order valence-electron chi connectivity index (χ4n) is 2.11. The molecule has 0 atom stereocenters. The molecule has 0 saturated carbocycles. The standard InChI is InChI=1S/C13H15NO3/c1-8(2)12(15)14-10-6-4-3-5-9(10)7-11(14)13(16)17/h6-7,16-17H,1,3-5H2,2H3. The van der Waals surface area contributed by atoms with Crippen LogP contribution in [0.3, 0.4) is 0 Å². The first-order chi connectivity index (χ1) is 8.02. The molecule has 4 nitrogen and oxygen atoms in total. The van der Waals surface area contributed by atoms with Crippen LogP contribution in [0.1, 0.15) is 30.1 Å². The van der Waals surface area contributed by atoms with Crippen molar-refractivity contribution in [1.82, 2.24) is 4.57 Å². The lowest BCUT2D eigenvalue weighted by Gasteiger charge is -2.07. The van der Waals surface area contributed by atoms with Crippen LogP contribution in [-0.4, -0.2) is 20.7 Å². The van der Waals surface area contributed by atoms with E-state index >= 15 is 0 Å². The van der Waals surface area contributed by atoms with E-state index in [-0.39, 0.29) is 11.3 Å². The van der Waals surface area contributed by atoms with Gasteiger partial charge in [0.15, 0.2) is 0 Å². The first-order valence-electron chi connectivity index (χ1n) is 5.55. The van der Waals surface area contributed by atoms with Gasteiger partial charge in [0.05, 0.1) is 0 Å². The minimum absolute atomic E-state index is 0.140. The van der Waals surface area contributed by atoms with Gasteiger partial charge < -0.3 is 10.2 Å². The molecule has 1 aliphatic rings. The van der Waals surface area contributed by atoms with Gasteiger partial charge in [-0.2, -0.15) is 0 Å². The second-order valence-corrected chi connectivity index (χ2v) is 4.28. The van der Waals surface area contributed by atoms with E-state index in [9.17, 15) is 15.0 Å². The maximum atomic E-state index is 12.0. The van der Waals surface area contributed by atoms with Gasteiger partial charge in [0, 0.05) is 10.9 Å². The third-order valence-corrected chi connectivity index (χ3v) is 2.91. The number of hydrogen-bond donors (Lipinski definition) is 2. The summed E-state index contributed by atoms with van der Waals surface area (Å²) in [6.07, 6.45) is 4.71. The number of aliphatic hydroxyl groups is 2. The van der Waals surface area contributed by atoms with E-state index in [1.165, 1.54) is 4.57 Å². The van der Waals surface area contributed by atoms with Crippen LogP contribution in [0.15, 0.2) is 18.2 Å². The zero-order valence-corrected chi connectivity index (χ0v) is 9.73. The Balaban J connectivity index is 2.82. The minimum Gasteiger partial charge on any atom is -0.480 e. The lowest BCUT2D eigenvalue weighted by Crippen LogP contribution is -2.35. The summed E-state index contributed by atoms with van der Waals surface area (Å²) in [5.41, 5.74) is 1.34. The van der Waals surface area contributed by atoms with Gasteiger partial charge in [-0.15, -0.1) is 0 Å². The smallest absolute Gasteiger partial charge is 0.299 e. The van der Waals surface area contributed by atoms with E-state index in [4.69, 9.17) is 0 Å². The molecule has 1 aromatic rings. The second kappa shape index (κ2) is 4.13. The molecular formula is C13H15NO3. The van der Waals surface area contributed by atoms with Crippen molar-refractivity contribution in [2.75, 3.05) is 0 Å². The van der Waals surface area contributed by atoms with Gasteiger partial charge in [-0.05, 0) is 37.8 Å². The van der Waals surface area contributed by atoms with E-state index in [1.807, 2.05) is 6.08 Å². The summed E-state index contributed by atoms with van der Waals surface area (Å²) in [6, 6.07) is 1.65. The molecule has 0 saturated heterocycles. The third kappa shape index (κ3) is 1.86. The summed E-state index contributed by atoms with van der Waals surface area (Å²) in [5.74, 6) is -1.14. The molecule has 4 heteroatoms. The first kappa shape index (κ1) is 11.5. The van der Waals surface area contributed by atoms with Gasteiger partial charge in [0.2, 0.25) is 0 Å². The van der Waals surface area contributed by atoms with Crippen LogP contribution in [0.4, 0.5) is 0 Å². The summed E-state index contributed by atoms with van der Waals surface area (Å²) < 4.78 is 1.33. The number of aromatic nitrogens is 1. The molecule has 0 amide bonds. The molecule has 0 spiro atoms. The highest BCUT2D eigenvalue weighted by atomic mass is 16.5. The monoisotopic (exact) mass is 233 g/mol. The van der Waals surface area contributed by atoms with Gasteiger partial charge in [0.25, 0.3) is 11.9 Å². The number of hydrogen-bond acceptors (Lipinski definition) is 3. The summed E-state index contributed by atoms with van der Waals surface area (Å²) in [6.45, 7) is 5.21. The van der Waals surface area contributed by atoms with Crippen molar-refractivity contribution in [2.24, 2.45) is 0 Å². The lowest BCUT2D eigenvalue weighted by atomic mass is 10.1. The second-order valence-electron chi connectivity index (χ2n) is 4.28. The predicted molar refractivity (Wildman–Crippen MR) is 65.2 cm³/mol. The van der Waals surface area contributed by atoms with E-state index in [0.29, 0.717) is 5.57 Å². The number of carbonyl (C=O) groups excluding carboxylic acids is 1. The highest BCUT2D eigenvalue weighted by Gasteiger charge is 2.16. The molecule has 0 aromatic carbocycles. The normalized spacial score (nSPS) is 13.7. The highest BCUT2D eigenvalue weighted by Crippen LogP contribution is 2.06. The number of aliphatic hydroxyl groups excluding tert-OH is 1. The van der Waals surface area contributed by atoms with E-state index in [0.717, 1.165) is 30.2 Å². The van der Waals surface area contributed by atoms with Crippen LogP contribution in [0, 0.1) is 0 Å². The summed E-state index contributed by atoms with van der Waals surface area (Å²) in [4.78, 5) is 12.0. The molecule has 0 bridgehead atoms. The van der Waals surface area contributed by atoms with Crippen molar-refractivity contribution in [3.8, 4) is 0 Å². The molecule has 0 radical (unpaired) electrons. The van der Waals surface area contributed by atoms with Gasteiger partial charge in [0.1, 0.15) is 5.35 Å². The van der Waals surface area contributed by atoms with Crippen LogP contribution >= 0.6 is 0 Å². The largest absolute Gasteiger partial charge is 0.480 e. The number of rotatable bonds is 1. The zero-order chi connectivity index (χ0) is 12.6. The lowest BCUT2D eigenvalue weighted by molar-refractivity contribution is 0.0946. The van der Waals surface area contributed by atoms with Crippen LogP contribution in [0.5, 0.6) is 0 Å². The number of allylic oxidation sites excluding steroid dienone is 1. The highest BCUT2D eigenvalue weighted by molar-refractivity contribution is 5.94. The third-order valence-electron chi connectivity index (χ3n) is 2.91. The average molecular weight is 233 g/mol. The Morgan fingerprint density at radius 1 is 1.47 bits per heavy atom. The average Bonchev–Trinajstić information content (AvgIpc) is 2.67. The Hall–Kier alpha value is -1.97. The number of aryl methyl sites for hydroxylation is 1. The predicted octanol–water partition coefficient (Wildman–Crippen LogP) is 1.00. The summed E-state index contributed by atoms with van der Waals surface area (Å²) in [5, 5.41) is 19.4. The Bertz CT molecular complexity index is 603. The Morgan fingerprint density at radius 3 is 2.76 bits per heavy atom. The van der Waals surface area contributed by atoms with Gasteiger partial charge in [-0.25, -0.2) is 0 Å². The van der Waals surface area contributed by atoms with Crippen molar-refractivity contribution < 1.29 is 15.0 Å². The summed E-state index contributed by atoms with van der Waals surface area (Å²) in [7, 11) is 0. The molecule has 0 aliphatic heterocycles. The van der Waals surface area contributed by atoms with Crippen LogP contribution in [0.25, 0.3) is 12.0 Å². The number of carbonyl (C=O) groups is 1. The van der Waals surface area contributed by atoms with Crippen LogP contribution in [0.2, 0.25) is 0 Å². The number of nitrogens with zero attached hydrogens (tertiary/aromatic N) is 1. The quantitative estimate of drug-likeness (QED) is 0.711. The van der Waals surface area contributed by atoms with Crippen LogP contribution < -0.4 is 10.7 Å². The maximum absolute atomic E-state index is 12.0. The van der Waals surface area contributed by atoms with Crippen molar-refractivity contribution in [2.45, 2.75) is 26.2 Å².